The Balaban J connectivity index is -0.00000256. The molecule has 35 heavy (non-hydrogen) atoms. The molecular formula is C26H59ClN2O6. The van der Waals surface area contributed by atoms with Crippen LogP contribution in [0.25, 0.3) is 0 Å². The molecule has 1 aliphatic heterocycles. The average Bonchev–Trinajstić information content (AvgIpc) is 2.72. The van der Waals surface area contributed by atoms with Crippen molar-refractivity contribution in [3.05, 3.63) is 0 Å². The van der Waals surface area contributed by atoms with Gasteiger partial charge >= 0.3 is 0 Å². The molecule has 0 spiro atoms. The van der Waals surface area contributed by atoms with Crippen LogP contribution in [0.1, 0.15) is 67.2 Å². The van der Waals surface area contributed by atoms with E-state index in [-0.39, 0.29) is 23.9 Å². The topological polar surface area (TPSA) is 137 Å². The van der Waals surface area contributed by atoms with Crippen LogP contribution in [0.5, 0.6) is 0 Å². The number of hydrogen-bond donors (Lipinski definition) is 1. The van der Waals surface area contributed by atoms with Crippen LogP contribution < -0.4 is 5.32 Å². The predicted molar refractivity (Wildman–Crippen MR) is 148 cm³/mol. The highest BCUT2D eigenvalue weighted by atomic mass is 35.5. The molecule has 0 aromatic rings. The lowest BCUT2D eigenvalue weighted by atomic mass is 9.64. The summed E-state index contributed by atoms with van der Waals surface area (Å²) in [5, 5.41) is 4.16. The Hall–Kier alpha value is -0.0300. The number of hydrogen-bond acceptors (Lipinski definition) is 5. The first kappa shape index (κ1) is 39.5. The normalized spacial score (nSPS) is 24.9. The van der Waals surface area contributed by atoms with E-state index in [2.05, 4.69) is 37.9 Å². The van der Waals surface area contributed by atoms with Crippen molar-refractivity contribution in [2.75, 3.05) is 66.3 Å². The number of nitrogens with zero attached hydrogens (tertiary/aromatic N) is 1. The molecule has 0 bridgehead atoms. The van der Waals surface area contributed by atoms with Gasteiger partial charge in [-0.25, -0.2) is 0 Å². The van der Waals surface area contributed by atoms with Gasteiger partial charge in [0.05, 0.1) is 33.0 Å². The van der Waals surface area contributed by atoms with Crippen LogP contribution in [0.4, 0.5) is 0 Å². The highest BCUT2D eigenvalue weighted by molar-refractivity contribution is 6.20. The van der Waals surface area contributed by atoms with Crippen molar-refractivity contribution < 1.29 is 30.6 Å². The number of rotatable bonds is 14. The van der Waals surface area contributed by atoms with Gasteiger partial charge in [-0.1, -0.05) is 35.1 Å². The zero-order chi connectivity index (χ0) is 22.7. The summed E-state index contributed by atoms with van der Waals surface area (Å²) in [5.74, 6) is 2.33. The third-order valence-corrected chi connectivity index (χ3v) is 7.81. The van der Waals surface area contributed by atoms with Crippen molar-refractivity contribution in [3.63, 3.8) is 0 Å². The van der Waals surface area contributed by atoms with Gasteiger partial charge in [0.2, 0.25) is 0 Å². The second-order valence-corrected chi connectivity index (χ2v) is 11.3. The standard InChI is InChI=1S/C25H49ClN2O3.CH4.3H2O/c1-20(2)24(27-11-13-30-16-17-31-15-14-29-5)18-28-12-10-23(25(3,4)19-28)21-6-8-22(26)9-7-21;;;;/h20-24,27H,6-19H2,1-5H3;1H4;3*1H2/t21?,22?,23?,24-;;;;/m0..../s1. The molecule has 0 amide bonds. The van der Waals surface area contributed by atoms with Crippen molar-refractivity contribution in [2.45, 2.75) is 78.6 Å². The number of likely N-dealkylation sites (tertiary alicyclic amines) is 1. The number of halogens is 1. The fraction of sp³-hybridized carbons (Fsp3) is 1.00. The number of alkyl halides is 1. The molecule has 2 aliphatic rings. The van der Waals surface area contributed by atoms with Crippen LogP contribution in [-0.4, -0.2) is 99.1 Å². The molecule has 1 saturated carbocycles. The molecule has 9 heteroatoms. The highest BCUT2D eigenvalue weighted by Gasteiger charge is 2.41. The number of ether oxygens (including phenoxy) is 3. The van der Waals surface area contributed by atoms with Crippen LogP contribution in [0.3, 0.4) is 0 Å². The van der Waals surface area contributed by atoms with Crippen LogP contribution >= 0.6 is 11.6 Å². The smallest absolute Gasteiger partial charge is 0.0701 e. The van der Waals surface area contributed by atoms with Crippen LogP contribution in [-0.2, 0) is 14.2 Å². The van der Waals surface area contributed by atoms with Crippen LogP contribution in [0.2, 0.25) is 0 Å². The summed E-state index contributed by atoms with van der Waals surface area (Å²) < 4.78 is 16.1. The maximum atomic E-state index is 6.36. The third kappa shape index (κ3) is 14.5. The van der Waals surface area contributed by atoms with E-state index in [0.717, 1.165) is 31.5 Å². The molecule has 0 aromatic carbocycles. The van der Waals surface area contributed by atoms with Gasteiger partial charge in [-0.2, -0.15) is 0 Å². The average molecular weight is 531 g/mol. The van der Waals surface area contributed by atoms with Gasteiger partial charge in [-0.15, -0.1) is 11.6 Å². The molecule has 1 unspecified atom stereocenters. The molecule has 1 saturated heterocycles. The minimum atomic E-state index is 0. The van der Waals surface area contributed by atoms with E-state index in [1.165, 1.54) is 45.2 Å². The largest absolute Gasteiger partial charge is 0.412 e. The number of methoxy groups -OCH3 is 1. The first-order chi connectivity index (χ1) is 14.8. The molecule has 2 atom stereocenters. The molecule has 0 radical (unpaired) electrons. The third-order valence-electron chi connectivity index (χ3n) is 7.38. The second-order valence-electron chi connectivity index (χ2n) is 10.7. The van der Waals surface area contributed by atoms with E-state index >= 15 is 0 Å². The Morgan fingerprint density at radius 2 is 1.49 bits per heavy atom. The minimum absolute atomic E-state index is 0. The van der Waals surface area contributed by atoms with Gasteiger partial charge in [0.15, 0.2) is 0 Å². The van der Waals surface area contributed by atoms with E-state index < -0.39 is 0 Å². The van der Waals surface area contributed by atoms with Crippen molar-refractivity contribution in [1.82, 2.24) is 10.2 Å². The summed E-state index contributed by atoms with van der Waals surface area (Å²) >= 11 is 6.36. The monoisotopic (exact) mass is 530 g/mol. The summed E-state index contributed by atoms with van der Waals surface area (Å²) in [5.41, 5.74) is 0.384. The lowest BCUT2D eigenvalue weighted by Gasteiger charge is -2.49. The summed E-state index contributed by atoms with van der Waals surface area (Å²) in [6, 6.07) is 0.501. The minimum Gasteiger partial charge on any atom is -0.412 e. The van der Waals surface area contributed by atoms with Gasteiger partial charge in [-0.05, 0) is 61.8 Å². The van der Waals surface area contributed by atoms with E-state index in [4.69, 9.17) is 25.8 Å². The molecule has 8 nitrogen and oxygen atoms in total. The Bertz CT molecular complexity index is 479. The van der Waals surface area contributed by atoms with Gasteiger partial charge in [0.1, 0.15) is 0 Å². The van der Waals surface area contributed by atoms with Crippen molar-refractivity contribution in [2.24, 2.45) is 23.2 Å². The van der Waals surface area contributed by atoms with Gasteiger partial charge in [0.25, 0.3) is 0 Å². The van der Waals surface area contributed by atoms with Crippen molar-refractivity contribution in [1.29, 1.82) is 0 Å². The Morgan fingerprint density at radius 1 is 0.914 bits per heavy atom. The molecule has 7 N–H and O–H groups in total. The van der Waals surface area contributed by atoms with Crippen molar-refractivity contribution >= 4 is 11.6 Å². The fourth-order valence-corrected chi connectivity index (χ4v) is 5.82. The van der Waals surface area contributed by atoms with Gasteiger partial charge < -0.3 is 40.9 Å². The maximum Gasteiger partial charge on any atom is 0.0701 e. The van der Waals surface area contributed by atoms with Crippen LogP contribution in [0, 0.1) is 23.2 Å². The summed E-state index contributed by atoms with van der Waals surface area (Å²) in [4.78, 5) is 2.70. The van der Waals surface area contributed by atoms with E-state index in [9.17, 15) is 0 Å². The summed E-state index contributed by atoms with van der Waals surface area (Å²) in [6.45, 7) is 17.4. The molecule has 2 fully saturated rings. The van der Waals surface area contributed by atoms with Crippen molar-refractivity contribution in [3.8, 4) is 0 Å². The molecular weight excluding hydrogens is 472 g/mol. The van der Waals surface area contributed by atoms with E-state index in [1.807, 2.05) is 0 Å². The fourth-order valence-electron chi connectivity index (χ4n) is 5.57. The Kier molecular flexibility index (Phi) is 23.6. The molecule has 2 rings (SSSR count). The lowest BCUT2D eigenvalue weighted by molar-refractivity contribution is 0.00363. The Morgan fingerprint density at radius 3 is 2.03 bits per heavy atom. The second kappa shape index (κ2) is 21.0. The zero-order valence-corrected chi connectivity index (χ0v) is 23.1. The quantitative estimate of drug-likeness (QED) is 0.271. The summed E-state index contributed by atoms with van der Waals surface area (Å²) in [6.07, 6.45) is 6.42. The zero-order valence-electron chi connectivity index (χ0n) is 22.3. The highest BCUT2D eigenvalue weighted by Crippen LogP contribution is 2.45. The van der Waals surface area contributed by atoms with E-state index in [0.29, 0.717) is 49.2 Å². The molecule has 216 valence electrons. The molecule has 1 aliphatic carbocycles. The first-order valence-electron chi connectivity index (χ1n) is 12.6. The Labute approximate surface area is 220 Å². The van der Waals surface area contributed by atoms with Gasteiger partial charge in [-0.3, -0.25) is 0 Å². The predicted octanol–water partition coefficient (Wildman–Crippen LogP) is 2.59. The summed E-state index contributed by atoms with van der Waals surface area (Å²) in [7, 11) is 1.69. The number of piperidine rings is 1. The maximum absolute atomic E-state index is 6.36. The molecule has 0 aromatic heterocycles. The number of nitrogens with one attached hydrogen (secondary N) is 1. The molecule has 1 heterocycles. The first-order valence-corrected chi connectivity index (χ1v) is 13.0. The van der Waals surface area contributed by atoms with Gasteiger partial charge in [0, 0.05) is 38.2 Å². The lowest BCUT2D eigenvalue weighted by Crippen LogP contribution is -2.53. The van der Waals surface area contributed by atoms with E-state index in [1.54, 1.807) is 7.11 Å². The SMILES string of the molecule is C.COCCOCCOCCN[C@@H](CN1CCC(C2CCC(Cl)CC2)C(C)(C)C1)C(C)C.O.O.O. The van der Waals surface area contributed by atoms with Crippen LogP contribution in [0.15, 0.2) is 0 Å².